The Balaban J connectivity index is 1.66. The minimum absolute atomic E-state index is 0.0620. The van der Waals surface area contributed by atoms with Crippen molar-refractivity contribution in [2.24, 2.45) is 7.05 Å². The minimum atomic E-state index is -0.180. The van der Waals surface area contributed by atoms with Gasteiger partial charge >= 0.3 is 0 Å². The van der Waals surface area contributed by atoms with Crippen LogP contribution in [-0.4, -0.2) is 46.9 Å². The van der Waals surface area contributed by atoms with Crippen molar-refractivity contribution in [3.63, 3.8) is 0 Å². The zero-order valence-corrected chi connectivity index (χ0v) is 12.9. The number of carbonyl (C=O) groups excluding carboxylic acids is 1. The average molecular weight is 301 g/mol. The highest BCUT2D eigenvalue weighted by Gasteiger charge is 2.25. The predicted molar refractivity (Wildman–Crippen MR) is 81.3 cm³/mol. The standard InChI is InChI=1S/C16H19N3O3/c1-11-13(8-17-19(11)3)16(20)18(2)9-12-10-21-14-6-4-5-7-15(14)22-12/h4-8,12H,9-10H2,1-3H3/t12-/m0/s1. The van der Waals surface area contributed by atoms with Crippen LogP contribution in [0.5, 0.6) is 11.5 Å². The van der Waals surface area contributed by atoms with E-state index in [2.05, 4.69) is 5.10 Å². The van der Waals surface area contributed by atoms with Gasteiger partial charge in [-0.3, -0.25) is 9.48 Å². The zero-order valence-electron chi connectivity index (χ0n) is 12.9. The number of aryl methyl sites for hydroxylation is 1. The van der Waals surface area contributed by atoms with Gasteiger partial charge in [-0.05, 0) is 19.1 Å². The summed E-state index contributed by atoms with van der Waals surface area (Å²) in [6.45, 7) is 2.77. The number of likely N-dealkylation sites (N-methyl/N-ethyl adjacent to an activating group) is 1. The Hall–Kier alpha value is -2.50. The van der Waals surface area contributed by atoms with Crippen molar-refractivity contribution in [2.75, 3.05) is 20.2 Å². The van der Waals surface area contributed by atoms with Crippen molar-refractivity contribution in [3.05, 3.63) is 41.7 Å². The number of rotatable bonds is 3. The van der Waals surface area contributed by atoms with Gasteiger partial charge in [-0.25, -0.2) is 0 Å². The molecule has 0 bridgehead atoms. The van der Waals surface area contributed by atoms with E-state index >= 15 is 0 Å². The largest absolute Gasteiger partial charge is 0.486 e. The molecule has 1 aliphatic rings. The summed E-state index contributed by atoms with van der Waals surface area (Å²) >= 11 is 0. The van der Waals surface area contributed by atoms with Gasteiger partial charge in [0.15, 0.2) is 17.6 Å². The van der Waals surface area contributed by atoms with Crippen molar-refractivity contribution in [2.45, 2.75) is 13.0 Å². The molecule has 1 aromatic heterocycles. The molecule has 0 saturated carbocycles. The van der Waals surface area contributed by atoms with Crippen molar-refractivity contribution in [1.82, 2.24) is 14.7 Å². The van der Waals surface area contributed by atoms with E-state index in [1.165, 1.54) is 0 Å². The monoisotopic (exact) mass is 301 g/mol. The fourth-order valence-corrected chi connectivity index (χ4v) is 2.46. The molecule has 0 spiro atoms. The van der Waals surface area contributed by atoms with Gasteiger partial charge in [0, 0.05) is 19.8 Å². The summed E-state index contributed by atoms with van der Waals surface area (Å²) in [6, 6.07) is 7.55. The number of para-hydroxylation sites is 2. The number of benzene rings is 1. The highest BCUT2D eigenvalue weighted by molar-refractivity contribution is 5.94. The van der Waals surface area contributed by atoms with Crippen molar-refractivity contribution in [1.29, 1.82) is 0 Å². The molecule has 0 N–H and O–H groups in total. The topological polar surface area (TPSA) is 56.6 Å². The molecule has 2 aromatic rings. The first kappa shape index (κ1) is 14.4. The second kappa shape index (κ2) is 5.71. The maximum atomic E-state index is 12.5. The first-order valence-electron chi connectivity index (χ1n) is 7.19. The number of amides is 1. The minimum Gasteiger partial charge on any atom is -0.486 e. The molecule has 0 aliphatic carbocycles. The molecule has 1 amide bonds. The molecule has 116 valence electrons. The third-order valence-corrected chi connectivity index (χ3v) is 3.86. The molecule has 6 heteroatoms. The number of aromatic nitrogens is 2. The quantitative estimate of drug-likeness (QED) is 0.865. The molecule has 1 aromatic carbocycles. The lowest BCUT2D eigenvalue weighted by Gasteiger charge is -2.29. The Morgan fingerprint density at radius 1 is 1.41 bits per heavy atom. The van der Waals surface area contributed by atoms with E-state index in [-0.39, 0.29) is 12.0 Å². The Kier molecular flexibility index (Phi) is 3.75. The van der Waals surface area contributed by atoms with Crippen LogP contribution in [0, 0.1) is 6.92 Å². The summed E-state index contributed by atoms with van der Waals surface area (Å²) in [4.78, 5) is 14.1. The maximum Gasteiger partial charge on any atom is 0.257 e. The van der Waals surface area contributed by atoms with Crippen LogP contribution in [0.15, 0.2) is 30.5 Å². The second-order valence-corrected chi connectivity index (χ2v) is 5.45. The molecule has 0 radical (unpaired) electrons. The number of hydrogen-bond acceptors (Lipinski definition) is 4. The van der Waals surface area contributed by atoms with Gasteiger partial charge in [-0.1, -0.05) is 12.1 Å². The first-order valence-corrected chi connectivity index (χ1v) is 7.19. The van der Waals surface area contributed by atoms with E-state index < -0.39 is 0 Å². The lowest BCUT2D eigenvalue weighted by molar-refractivity contribution is 0.0520. The fourth-order valence-electron chi connectivity index (χ4n) is 2.46. The Morgan fingerprint density at radius 2 is 2.14 bits per heavy atom. The Bertz CT molecular complexity index is 696. The normalized spacial score (nSPS) is 16.4. The molecule has 1 atom stereocenters. The molecular formula is C16H19N3O3. The van der Waals surface area contributed by atoms with Gasteiger partial charge in [-0.2, -0.15) is 5.10 Å². The predicted octanol–water partition coefficient (Wildman–Crippen LogP) is 1.64. The molecule has 0 saturated heterocycles. The summed E-state index contributed by atoms with van der Waals surface area (Å²) < 4.78 is 13.2. The van der Waals surface area contributed by atoms with Crippen molar-refractivity contribution < 1.29 is 14.3 Å². The van der Waals surface area contributed by atoms with E-state index in [0.29, 0.717) is 18.7 Å². The van der Waals surface area contributed by atoms with Gasteiger partial charge in [0.05, 0.1) is 18.3 Å². The lowest BCUT2D eigenvalue weighted by Crippen LogP contribution is -2.41. The van der Waals surface area contributed by atoms with Crippen LogP contribution in [0.1, 0.15) is 16.1 Å². The van der Waals surface area contributed by atoms with E-state index in [0.717, 1.165) is 17.2 Å². The maximum absolute atomic E-state index is 12.5. The summed E-state index contributed by atoms with van der Waals surface area (Å²) in [5, 5.41) is 4.11. The molecule has 22 heavy (non-hydrogen) atoms. The molecule has 6 nitrogen and oxygen atoms in total. The van der Waals surface area contributed by atoms with Gasteiger partial charge in [0.25, 0.3) is 5.91 Å². The van der Waals surface area contributed by atoms with E-state index in [4.69, 9.17) is 9.47 Å². The molecule has 1 aliphatic heterocycles. The highest BCUT2D eigenvalue weighted by Crippen LogP contribution is 2.31. The summed E-state index contributed by atoms with van der Waals surface area (Å²) in [5.74, 6) is 1.40. The van der Waals surface area contributed by atoms with Gasteiger partial charge in [0.1, 0.15) is 6.61 Å². The third-order valence-electron chi connectivity index (χ3n) is 3.86. The van der Waals surface area contributed by atoms with Crippen LogP contribution in [0.3, 0.4) is 0 Å². The highest BCUT2D eigenvalue weighted by atomic mass is 16.6. The Morgan fingerprint density at radius 3 is 2.82 bits per heavy atom. The van der Waals surface area contributed by atoms with Crippen LogP contribution in [0.2, 0.25) is 0 Å². The number of nitrogens with zero attached hydrogens (tertiary/aromatic N) is 3. The van der Waals surface area contributed by atoms with Crippen LogP contribution < -0.4 is 9.47 Å². The Labute approximate surface area is 129 Å². The van der Waals surface area contributed by atoms with E-state index in [9.17, 15) is 4.79 Å². The summed E-state index contributed by atoms with van der Waals surface area (Å²) in [7, 11) is 3.58. The average Bonchev–Trinajstić information content (AvgIpc) is 2.86. The number of hydrogen-bond donors (Lipinski definition) is 0. The van der Waals surface area contributed by atoms with Gasteiger partial charge in [-0.15, -0.1) is 0 Å². The molecule has 3 rings (SSSR count). The number of fused-ring (bicyclic) bond motifs is 1. The van der Waals surface area contributed by atoms with E-state index in [1.54, 1.807) is 22.8 Å². The summed E-state index contributed by atoms with van der Waals surface area (Å²) in [5.41, 5.74) is 1.46. The second-order valence-electron chi connectivity index (χ2n) is 5.45. The number of carbonyl (C=O) groups is 1. The van der Waals surface area contributed by atoms with Crippen molar-refractivity contribution >= 4 is 5.91 Å². The van der Waals surface area contributed by atoms with Crippen LogP contribution in [0.4, 0.5) is 0 Å². The van der Waals surface area contributed by atoms with E-state index in [1.807, 2.05) is 38.2 Å². The molecular weight excluding hydrogens is 282 g/mol. The van der Waals surface area contributed by atoms with Gasteiger partial charge < -0.3 is 14.4 Å². The van der Waals surface area contributed by atoms with Crippen LogP contribution in [-0.2, 0) is 7.05 Å². The lowest BCUT2D eigenvalue weighted by atomic mass is 10.2. The van der Waals surface area contributed by atoms with Crippen LogP contribution >= 0.6 is 0 Å². The number of ether oxygens (including phenoxy) is 2. The first-order chi connectivity index (χ1) is 10.6. The van der Waals surface area contributed by atoms with Crippen LogP contribution in [0.25, 0.3) is 0 Å². The summed E-state index contributed by atoms with van der Waals surface area (Å²) in [6.07, 6.45) is 1.42. The van der Waals surface area contributed by atoms with Gasteiger partial charge in [0.2, 0.25) is 0 Å². The molecule has 2 heterocycles. The van der Waals surface area contributed by atoms with Crippen molar-refractivity contribution in [3.8, 4) is 11.5 Å². The fraction of sp³-hybridized carbons (Fsp3) is 0.375. The third kappa shape index (κ3) is 2.64. The zero-order chi connectivity index (χ0) is 15.7. The smallest absolute Gasteiger partial charge is 0.257 e. The SMILES string of the molecule is Cc1c(C(=O)N(C)C[C@H]2COc3ccccc3O2)cnn1C. The molecule has 0 unspecified atom stereocenters. The molecule has 0 fully saturated rings.